The Hall–Kier alpha value is -1.81. The lowest BCUT2D eigenvalue weighted by molar-refractivity contribution is -0.132. The lowest BCUT2D eigenvalue weighted by Gasteiger charge is -2.32. The second-order valence-corrected chi connectivity index (χ2v) is 7.09. The first-order valence-electron chi connectivity index (χ1n) is 8.55. The Labute approximate surface area is 148 Å². The lowest BCUT2D eigenvalue weighted by Crippen LogP contribution is -2.39. The van der Waals surface area contributed by atoms with Crippen LogP contribution in [-0.2, 0) is 18.3 Å². The largest absolute Gasteiger partial charge is 0.342 e. The molecule has 1 aromatic heterocycles. The number of aromatic nitrogens is 2. The molecule has 0 bridgehead atoms. The van der Waals surface area contributed by atoms with Crippen LogP contribution in [0.4, 0.5) is 0 Å². The molecule has 1 atom stereocenters. The fraction of sp³-hybridized carbons (Fsp3) is 0.474. The molecular formula is C19H24ClN3O. The van der Waals surface area contributed by atoms with Crippen LogP contribution >= 0.6 is 11.6 Å². The molecule has 24 heavy (non-hydrogen) atoms. The fourth-order valence-corrected chi connectivity index (χ4v) is 3.61. The van der Waals surface area contributed by atoms with Crippen LogP contribution in [0.2, 0.25) is 5.02 Å². The first kappa shape index (κ1) is 17.0. The quantitative estimate of drug-likeness (QED) is 0.847. The van der Waals surface area contributed by atoms with Gasteiger partial charge < -0.3 is 9.47 Å². The fourth-order valence-electron chi connectivity index (χ4n) is 3.49. The van der Waals surface area contributed by atoms with Gasteiger partial charge in [0.05, 0.1) is 5.69 Å². The standard InChI is InChI=1S/C19H24ClN3O/c1-14-12-22(2)19(21-14)16-4-3-11-23(13-16)18(24)10-7-15-5-8-17(20)9-6-15/h5-6,8-9,12,16H,3-4,7,10-11,13H2,1-2H3. The van der Waals surface area contributed by atoms with Gasteiger partial charge in [-0.15, -0.1) is 0 Å². The van der Waals surface area contributed by atoms with Gasteiger partial charge in [-0.1, -0.05) is 23.7 Å². The summed E-state index contributed by atoms with van der Waals surface area (Å²) in [5, 5.41) is 0.731. The predicted molar refractivity (Wildman–Crippen MR) is 96.3 cm³/mol. The number of hydrogen-bond acceptors (Lipinski definition) is 2. The van der Waals surface area contributed by atoms with Crippen molar-refractivity contribution in [3.63, 3.8) is 0 Å². The smallest absolute Gasteiger partial charge is 0.222 e. The molecule has 0 spiro atoms. The van der Waals surface area contributed by atoms with Crippen LogP contribution in [0.1, 0.15) is 42.3 Å². The summed E-state index contributed by atoms with van der Waals surface area (Å²) in [6, 6.07) is 7.74. The highest BCUT2D eigenvalue weighted by molar-refractivity contribution is 6.30. The van der Waals surface area contributed by atoms with Crippen LogP contribution in [0.5, 0.6) is 0 Å². The highest BCUT2D eigenvalue weighted by Gasteiger charge is 2.27. The highest BCUT2D eigenvalue weighted by atomic mass is 35.5. The molecule has 0 radical (unpaired) electrons. The van der Waals surface area contributed by atoms with E-state index in [1.165, 1.54) is 0 Å². The molecule has 1 saturated heterocycles. The summed E-state index contributed by atoms with van der Waals surface area (Å²) in [5.74, 6) is 1.68. The Kier molecular flexibility index (Phi) is 5.24. The third-order valence-corrected chi connectivity index (χ3v) is 4.96. The highest BCUT2D eigenvalue weighted by Crippen LogP contribution is 2.26. The minimum Gasteiger partial charge on any atom is -0.342 e. The first-order chi connectivity index (χ1) is 11.5. The first-order valence-corrected chi connectivity index (χ1v) is 8.93. The maximum absolute atomic E-state index is 12.6. The van der Waals surface area contributed by atoms with E-state index in [0.717, 1.165) is 54.5 Å². The average molecular weight is 346 g/mol. The second-order valence-electron chi connectivity index (χ2n) is 6.66. The van der Waals surface area contributed by atoms with Crippen LogP contribution in [-0.4, -0.2) is 33.4 Å². The summed E-state index contributed by atoms with van der Waals surface area (Å²) < 4.78 is 2.10. The Bertz CT molecular complexity index is 708. The number of hydrogen-bond donors (Lipinski definition) is 0. The van der Waals surface area contributed by atoms with E-state index in [1.807, 2.05) is 43.1 Å². The van der Waals surface area contributed by atoms with Gasteiger partial charge in [0, 0.05) is 43.7 Å². The van der Waals surface area contributed by atoms with Gasteiger partial charge in [-0.25, -0.2) is 4.98 Å². The number of amides is 1. The Morgan fingerprint density at radius 2 is 2.08 bits per heavy atom. The second kappa shape index (κ2) is 7.39. The van der Waals surface area contributed by atoms with Crippen LogP contribution in [0.3, 0.4) is 0 Å². The van der Waals surface area contributed by atoms with E-state index in [4.69, 9.17) is 11.6 Å². The zero-order valence-electron chi connectivity index (χ0n) is 14.3. The third-order valence-electron chi connectivity index (χ3n) is 4.71. The molecular weight excluding hydrogens is 322 g/mol. The zero-order valence-corrected chi connectivity index (χ0v) is 15.1. The average Bonchev–Trinajstić information content (AvgIpc) is 2.92. The van der Waals surface area contributed by atoms with Gasteiger partial charge in [-0.3, -0.25) is 4.79 Å². The number of piperidine rings is 1. The van der Waals surface area contributed by atoms with Crippen LogP contribution < -0.4 is 0 Å². The van der Waals surface area contributed by atoms with Crippen LogP contribution in [0.25, 0.3) is 0 Å². The number of nitrogens with zero attached hydrogens (tertiary/aromatic N) is 3. The van der Waals surface area contributed by atoms with Gasteiger partial charge in [0.1, 0.15) is 5.82 Å². The number of imidazole rings is 1. The van der Waals surface area contributed by atoms with E-state index in [9.17, 15) is 4.79 Å². The van der Waals surface area contributed by atoms with E-state index < -0.39 is 0 Å². The van der Waals surface area contributed by atoms with Crippen molar-refractivity contribution < 1.29 is 4.79 Å². The number of carbonyl (C=O) groups excluding carboxylic acids is 1. The van der Waals surface area contributed by atoms with Crippen molar-refractivity contribution in [3.05, 3.63) is 52.6 Å². The Morgan fingerprint density at radius 3 is 2.75 bits per heavy atom. The number of carbonyl (C=O) groups is 1. The van der Waals surface area contributed by atoms with Gasteiger partial charge in [0.25, 0.3) is 0 Å². The van der Waals surface area contributed by atoms with E-state index in [0.29, 0.717) is 12.3 Å². The van der Waals surface area contributed by atoms with Crippen molar-refractivity contribution in [1.29, 1.82) is 0 Å². The molecule has 1 unspecified atom stereocenters. The molecule has 1 fully saturated rings. The maximum Gasteiger partial charge on any atom is 0.222 e. The van der Waals surface area contributed by atoms with Crippen molar-refractivity contribution in [1.82, 2.24) is 14.5 Å². The van der Waals surface area contributed by atoms with Gasteiger partial charge in [0.15, 0.2) is 0 Å². The Balaban J connectivity index is 1.58. The minimum atomic E-state index is 0.237. The molecule has 2 aromatic rings. The zero-order chi connectivity index (χ0) is 17.1. The number of benzene rings is 1. The van der Waals surface area contributed by atoms with Crippen molar-refractivity contribution in [3.8, 4) is 0 Å². The van der Waals surface area contributed by atoms with Gasteiger partial charge in [-0.2, -0.15) is 0 Å². The number of halogens is 1. The number of likely N-dealkylation sites (tertiary alicyclic amines) is 1. The van der Waals surface area contributed by atoms with Crippen molar-refractivity contribution in [2.45, 2.75) is 38.5 Å². The SMILES string of the molecule is Cc1cn(C)c(C2CCCN(C(=O)CCc3ccc(Cl)cc3)C2)n1. The summed E-state index contributed by atoms with van der Waals surface area (Å²) in [7, 11) is 2.04. The summed E-state index contributed by atoms with van der Waals surface area (Å²) in [6.07, 6.45) is 5.51. The predicted octanol–water partition coefficient (Wildman–Crippen LogP) is 3.72. The van der Waals surface area contributed by atoms with E-state index in [2.05, 4.69) is 15.7 Å². The Morgan fingerprint density at radius 1 is 1.33 bits per heavy atom. The molecule has 0 N–H and O–H groups in total. The summed E-state index contributed by atoms with van der Waals surface area (Å²) in [4.78, 5) is 19.2. The minimum absolute atomic E-state index is 0.237. The van der Waals surface area contributed by atoms with Gasteiger partial charge in [0.2, 0.25) is 5.91 Å². The molecule has 1 aromatic carbocycles. The number of aryl methyl sites for hydroxylation is 3. The number of rotatable bonds is 4. The normalized spacial score (nSPS) is 18.0. The third kappa shape index (κ3) is 3.99. The monoisotopic (exact) mass is 345 g/mol. The summed E-state index contributed by atoms with van der Waals surface area (Å²) in [5.41, 5.74) is 2.19. The molecule has 5 heteroatoms. The molecule has 128 valence electrons. The van der Waals surface area contributed by atoms with Crippen molar-refractivity contribution in [2.24, 2.45) is 7.05 Å². The molecule has 1 aliphatic rings. The van der Waals surface area contributed by atoms with E-state index >= 15 is 0 Å². The molecule has 0 aliphatic carbocycles. The van der Waals surface area contributed by atoms with Gasteiger partial charge >= 0.3 is 0 Å². The summed E-state index contributed by atoms with van der Waals surface area (Å²) >= 11 is 5.90. The van der Waals surface area contributed by atoms with Crippen molar-refractivity contribution in [2.75, 3.05) is 13.1 Å². The van der Waals surface area contributed by atoms with Crippen LogP contribution in [0, 0.1) is 6.92 Å². The summed E-state index contributed by atoms with van der Waals surface area (Å²) in [6.45, 7) is 3.66. The molecule has 1 amide bonds. The molecule has 3 rings (SSSR count). The maximum atomic E-state index is 12.6. The lowest BCUT2D eigenvalue weighted by atomic mass is 9.96. The van der Waals surface area contributed by atoms with E-state index in [1.54, 1.807) is 0 Å². The van der Waals surface area contributed by atoms with Gasteiger partial charge in [-0.05, 0) is 43.9 Å². The van der Waals surface area contributed by atoms with Crippen LogP contribution in [0.15, 0.2) is 30.5 Å². The topological polar surface area (TPSA) is 38.1 Å². The molecule has 2 heterocycles. The van der Waals surface area contributed by atoms with Crippen molar-refractivity contribution >= 4 is 17.5 Å². The molecule has 4 nitrogen and oxygen atoms in total. The molecule has 1 aliphatic heterocycles. The van der Waals surface area contributed by atoms with E-state index in [-0.39, 0.29) is 5.91 Å². The molecule has 0 saturated carbocycles.